The van der Waals surface area contributed by atoms with Crippen molar-refractivity contribution >= 4 is 11.6 Å². The molecule has 1 aliphatic rings. The Kier molecular flexibility index (Phi) is 2.77. The maximum Gasteiger partial charge on any atom is 0.246 e. The average molecular weight is 214 g/mol. The first kappa shape index (κ1) is 10.5. The molecule has 2 rings (SSSR count). The molecule has 0 aromatic heterocycles. The minimum Gasteiger partial charge on any atom is -0.366 e. The van der Waals surface area contributed by atoms with Gasteiger partial charge in [0.15, 0.2) is 0 Å². The second-order valence-electron chi connectivity index (χ2n) is 3.85. The van der Waals surface area contributed by atoms with E-state index in [0.29, 0.717) is 12.0 Å². The van der Waals surface area contributed by atoms with Crippen LogP contribution in [0.25, 0.3) is 0 Å². The number of anilines is 1. The molecule has 16 heavy (non-hydrogen) atoms. The lowest BCUT2D eigenvalue weighted by atomic mass is 10.1. The average Bonchev–Trinajstić information content (AvgIpc) is 2.29. The van der Waals surface area contributed by atoms with E-state index in [9.17, 15) is 4.79 Å². The lowest BCUT2D eigenvalue weighted by Gasteiger charge is -2.20. The van der Waals surface area contributed by atoms with Crippen molar-refractivity contribution in [3.05, 3.63) is 53.9 Å². The number of amides is 1. The van der Waals surface area contributed by atoms with Crippen molar-refractivity contribution in [3.63, 3.8) is 0 Å². The maximum atomic E-state index is 11.1. The molecule has 0 saturated heterocycles. The zero-order chi connectivity index (χ0) is 11.5. The van der Waals surface area contributed by atoms with Gasteiger partial charge in [0.1, 0.15) is 0 Å². The highest BCUT2D eigenvalue weighted by atomic mass is 16.1. The molecule has 0 fully saturated rings. The molecule has 1 amide bonds. The number of aryl methyl sites for hydroxylation is 1. The number of benzene rings is 1. The van der Waals surface area contributed by atoms with Crippen molar-refractivity contribution in [2.24, 2.45) is 5.73 Å². The number of rotatable bonds is 2. The summed E-state index contributed by atoms with van der Waals surface area (Å²) in [6.45, 7) is 2.04. The molecule has 82 valence electrons. The predicted octanol–water partition coefficient (Wildman–Crippen LogP) is 2.09. The molecule has 1 aromatic rings. The Labute approximate surface area is 94.9 Å². The van der Waals surface area contributed by atoms with E-state index in [1.807, 2.05) is 42.3 Å². The van der Waals surface area contributed by atoms with Gasteiger partial charge in [-0.15, -0.1) is 0 Å². The maximum absolute atomic E-state index is 11.1. The van der Waals surface area contributed by atoms with Gasteiger partial charge >= 0.3 is 0 Å². The molecule has 0 aliphatic carbocycles. The Hall–Kier alpha value is -2.03. The summed E-state index contributed by atoms with van der Waals surface area (Å²) in [5.41, 5.74) is 8.12. The van der Waals surface area contributed by atoms with Crippen LogP contribution in [0, 0.1) is 6.92 Å². The predicted molar refractivity (Wildman–Crippen MR) is 64.7 cm³/mol. The molecular weight excluding hydrogens is 200 g/mol. The molecule has 1 heterocycles. The second-order valence-corrected chi connectivity index (χ2v) is 3.85. The second kappa shape index (κ2) is 4.23. The number of carbonyl (C=O) groups excluding carboxylic acids is 1. The number of allylic oxidation sites excluding steroid dienone is 1. The Morgan fingerprint density at radius 1 is 1.44 bits per heavy atom. The number of carbonyl (C=O) groups is 1. The summed E-state index contributed by atoms with van der Waals surface area (Å²) in [6.07, 6.45) is 6.28. The minimum atomic E-state index is -0.359. The van der Waals surface area contributed by atoms with Crippen molar-refractivity contribution in [2.75, 3.05) is 4.90 Å². The van der Waals surface area contributed by atoms with E-state index < -0.39 is 0 Å². The van der Waals surface area contributed by atoms with E-state index in [0.717, 1.165) is 5.69 Å². The lowest BCUT2D eigenvalue weighted by Crippen LogP contribution is -2.20. The molecule has 0 radical (unpaired) electrons. The SMILES string of the molecule is Cc1cccc(N2C=CCC(C(N)=O)=C2)c1. The van der Waals surface area contributed by atoms with Crippen LogP contribution < -0.4 is 10.6 Å². The zero-order valence-corrected chi connectivity index (χ0v) is 9.18. The van der Waals surface area contributed by atoms with E-state index in [4.69, 9.17) is 5.73 Å². The molecule has 0 atom stereocenters. The summed E-state index contributed by atoms with van der Waals surface area (Å²) >= 11 is 0. The van der Waals surface area contributed by atoms with Crippen molar-refractivity contribution in [3.8, 4) is 0 Å². The molecule has 0 spiro atoms. The van der Waals surface area contributed by atoms with Gasteiger partial charge in [-0.25, -0.2) is 0 Å². The monoisotopic (exact) mass is 214 g/mol. The summed E-state index contributed by atoms with van der Waals surface area (Å²) < 4.78 is 0. The van der Waals surface area contributed by atoms with Crippen LogP contribution in [0.5, 0.6) is 0 Å². The summed E-state index contributed by atoms with van der Waals surface area (Å²) in [5, 5.41) is 0. The first-order valence-corrected chi connectivity index (χ1v) is 5.19. The van der Waals surface area contributed by atoms with Gasteiger partial charge in [-0.3, -0.25) is 4.79 Å². The van der Waals surface area contributed by atoms with Crippen LogP contribution in [0.2, 0.25) is 0 Å². The minimum absolute atomic E-state index is 0.359. The normalized spacial score (nSPS) is 14.8. The fourth-order valence-electron chi connectivity index (χ4n) is 1.67. The highest BCUT2D eigenvalue weighted by Crippen LogP contribution is 2.21. The molecule has 1 aliphatic heterocycles. The smallest absolute Gasteiger partial charge is 0.246 e. The van der Waals surface area contributed by atoms with Crippen LogP contribution in [0.3, 0.4) is 0 Å². The van der Waals surface area contributed by atoms with Crippen LogP contribution in [0.1, 0.15) is 12.0 Å². The summed E-state index contributed by atoms with van der Waals surface area (Å²) in [7, 11) is 0. The number of primary amides is 1. The van der Waals surface area contributed by atoms with Gasteiger partial charge in [-0.2, -0.15) is 0 Å². The molecule has 3 nitrogen and oxygen atoms in total. The molecule has 0 saturated carbocycles. The highest BCUT2D eigenvalue weighted by Gasteiger charge is 2.10. The van der Waals surface area contributed by atoms with Gasteiger partial charge in [0.05, 0.1) is 0 Å². The largest absolute Gasteiger partial charge is 0.366 e. The standard InChI is InChI=1S/C13H14N2O/c1-10-4-2-6-12(8-10)15-7-3-5-11(9-15)13(14)16/h2-4,6-9H,5H2,1H3,(H2,14,16). The van der Waals surface area contributed by atoms with Gasteiger partial charge in [-0.05, 0) is 31.0 Å². The van der Waals surface area contributed by atoms with Crippen LogP contribution >= 0.6 is 0 Å². The van der Waals surface area contributed by atoms with E-state index in [-0.39, 0.29) is 5.91 Å². The number of nitrogens with two attached hydrogens (primary N) is 1. The number of hydrogen-bond acceptors (Lipinski definition) is 2. The van der Waals surface area contributed by atoms with Crippen LogP contribution in [0.4, 0.5) is 5.69 Å². The third kappa shape index (κ3) is 2.14. The fourth-order valence-corrected chi connectivity index (χ4v) is 1.67. The van der Waals surface area contributed by atoms with Gasteiger partial charge in [0.2, 0.25) is 5.91 Å². The van der Waals surface area contributed by atoms with Crippen molar-refractivity contribution < 1.29 is 4.79 Å². The molecule has 0 unspecified atom stereocenters. The van der Waals surface area contributed by atoms with Crippen molar-refractivity contribution in [1.29, 1.82) is 0 Å². The first-order valence-electron chi connectivity index (χ1n) is 5.19. The molecular formula is C13H14N2O. The lowest BCUT2D eigenvalue weighted by molar-refractivity contribution is -0.114. The molecule has 2 N–H and O–H groups in total. The summed E-state index contributed by atoms with van der Waals surface area (Å²) in [4.78, 5) is 13.0. The number of hydrogen-bond donors (Lipinski definition) is 1. The third-order valence-corrected chi connectivity index (χ3v) is 2.51. The summed E-state index contributed by atoms with van der Waals surface area (Å²) in [6, 6.07) is 8.09. The Morgan fingerprint density at radius 2 is 2.25 bits per heavy atom. The van der Waals surface area contributed by atoms with Gasteiger partial charge in [0, 0.05) is 23.7 Å². The zero-order valence-electron chi connectivity index (χ0n) is 9.18. The topological polar surface area (TPSA) is 46.3 Å². The van der Waals surface area contributed by atoms with Crippen molar-refractivity contribution in [1.82, 2.24) is 0 Å². The molecule has 3 heteroatoms. The third-order valence-electron chi connectivity index (χ3n) is 2.51. The summed E-state index contributed by atoms with van der Waals surface area (Å²) in [5.74, 6) is -0.359. The van der Waals surface area contributed by atoms with E-state index in [2.05, 4.69) is 6.07 Å². The Bertz CT molecular complexity index is 475. The van der Waals surface area contributed by atoms with Gasteiger partial charge < -0.3 is 10.6 Å². The quantitative estimate of drug-likeness (QED) is 0.819. The Balaban J connectivity index is 2.31. The van der Waals surface area contributed by atoms with Gasteiger partial charge in [-0.1, -0.05) is 18.2 Å². The van der Waals surface area contributed by atoms with Crippen LogP contribution in [-0.4, -0.2) is 5.91 Å². The van der Waals surface area contributed by atoms with E-state index >= 15 is 0 Å². The first-order chi connectivity index (χ1) is 7.66. The molecule has 0 bridgehead atoms. The van der Waals surface area contributed by atoms with Crippen LogP contribution in [0.15, 0.2) is 48.3 Å². The van der Waals surface area contributed by atoms with E-state index in [1.165, 1.54) is 5.56 Å². The fraction of sp³-hybridized carbons (Fsp3) is 0.154. The molecule has 1 aromatic carbocycles. The van der Waals surface area contributed by atoms with Crippen LogP contribution in [-0.2, 0) is 4.79 Å². The Morgan fingerprint density at radius 3 is 2.94 bits per heavy atom. The highest BCUT2D eigenvalue weighted by molar-refractivity contribution is 5.93. The van der Waals surface area contributed by atoms with E-state index in [1.54, 1.807) is 6.20 Å². The number of nitrogens with zero attached hydrogens (tertiary/aromatic N) is 1. The van der Waals surface area contributed by atoms with Gasteiger partial charge in [0.25, 0.3) is 0 Å². The van der Waals surface area contributed by atoms with Crippen molar-refractivity contribution in [2.45, 2.75) is 13.3 Å².